The van der Waals surface area contributed by atoms with Crippen molar-refractivity contribution in [3.63, 3.8) is 0 Å². The van der Waals surface area contributed by atoms with E-state index in [-0.39, 0.29) is 12.4 Å². The summed E-state index contributed by atoms with van der Waals surface area (Å²) in [7, 11) is 1.66. The molecule has 1 aliphatic carbocycles. The molecule has 3 nitrogen and oxygen atoms in total. The van der Waals surface area contributed by atoms with Crippen LogP contribution in [-0.2, 0) is 4.74 Å². The van der Waals surface area contributed by atoms with Gasteiger partial charge in [-0.15, -0.1) is 12.4 Å². The highest BCUT2D eigenvalue weighted by Gasteiger charge is 2.34. The van der Waals surface area contributed by atoms with Gasteiger partial charge in [0, 0.05) is 12.6 Å². The van der Waals surface area contributed by atoms with Crippen LogP contribution < -0.4 is 9.64 Å². The average Bonchev–Trinajstić information content (AvgIpc) is 2.46. The lowest BCUT2D eigenvalue weighted by atomic mass is 9.90. The van der Waals surface area contributed by atoms with Crippen LogP contribution in [0.1, 0.15) is 25.7 Å². The molecule has 1 saturated carbocycles. The van der Waals surface area contributed by atoms with Crippen LogP contribution in [0.25, 0.3) is 0 Å². The largest absolute Gasteiger partial charge is 0.497 e. The van der Waals surface area contributed by atoms with Crippen molar-refractivity contribution >= 4 is 29.7 Å². The topological polar surface area (TPSA) is 21.7 Å². The van der Waals surface area contributed by atoms with Gasteiger partial charge in [-0.25, -0.2) is 0 Å². The van der Waals surface area contributed by atoms with Crippen molar-refractivity contribution in [2.24, 2.45) is 0 Å². The minimum absolute atomic E-state index is 0. The predicted octanol–water partition coefficient (Wildman–Crippen LogP) is 3.92. The number of rotatable bonds is 2. The van der Waals surface area contributed by atoms with Crippen molar-refractivity contribution in [2.45, 2.75) is 37.8 Å². The Balaban J connectivity index is 0.00000147. The fourth-order valence-electron chi connectivity index (χ4n) is 3.24. The molecule has 0 amide bonds. The number of hydrogen-bond acceptors (Lipinski definition) is 3. The number of anilines is 1. The molecule has 1 aromatic rings. The monoisotopic (exact) mass is 317 g/mol. The van der Waals surface area contributed by atoms with Crippen LogP contribution in [-0.4, -0.2) is 32.4 Å². The maximum Gasteiger partial charge on any atom is 0.120 e. The first kappa shape index (κ1) is 15.7. The lowest BCUT2D eigenvalue weighted by molar-refractivity contribution is -0.00866. The highest BCUT2D eigenvalue weighted by molar-refractivity contribution is 6.33. The third-order valence-electron chi connectivity index (χ3n) is 4.20. The molecular weight excluding hydrogens is 297 g/mol. The second-order valence-electron chi connectivity index (χ2n) is 5.27. The summed E-state index contributed by atoms with van der Waals surface area (Å²) in [5.74, 6) is 0.808. The third kappa shape index (κ3) is 3.00. The third-order valence-corrected chi connectivity index (χ3v) is 4.50. The fourth-order valence-corrected chi connectivity index (χ4v) is 3.52. The van der Waals surface area contributed by atoms with Gasteiger partial charge in [0.15, 0.2) is 0 Å². The van der Waals surface area contributed by atoms with Crippen molar-refractivity contribution in [3.05, 3.63) is 23.2 Å². The summed E-state index contributed by atoms with van der Waals surface area (Å²) in [4.78, 5) is 2.43. The Kier molecular flexibility index (Phi) is 5.42. The first-order valence-corrected chi connectivity index (χ1v) is 7.39. The molecule has 112 valence electrons. The van der Waals surface area contributed by atoms with Gasteiger partial charge in [-0.05, 0) is 25.0 Å². The predicted molar refractivity (Wildman–Crippen MR) is 84.6 cm³/mol. The number of benzene rings is 1. The summed E-state index contributed by atoms with van der Waals surface area (Å²) in [6, 6.07) is 6.42. The molecule has 2 atom stereocenters. The molecule has 0 N–H and O–H groups in total. The van der Waals surface area contributed by atoms with Crippen LogP contribution >= 0.6 is 24.0 Å². The molecule has 20 heavy (non-hydrogen) atoms. The van der Waals surface area contributed by atoms with Gasteiger partial charge in [-0.2, -0.15) is 0 Å². The Labute approximate surface area is 131 Å². The molecule has 0 spiro atoms. The lowest BCUT2D eigenvalue weighted by Crippen LogP contribution is -2.52. The zero-order valence-corrected chi connectivity index (χ0v) is 13.3. The first-order chi connectivity index (χ1) is 9.29. The lowest BCUT2D eigenvalue weighted by Gasteiger charge is -2.45. The molecule has 1 aromatic carbocycles. The van der Waals surface area contributed by atoms with Gasteiger partial charge in [0.1, 0.15) is 5.75 Å². The van der Waals surface area contributed by atoms with E-state index >= 15 is 0 Å². The maximum absolute atomic E-state index is 6.41. The molecule has 0 aromatic heterocycles. The second kappa shape index (κ2) is 6.88. The van der Waals surface area contributed by atoms with Crippen molar-refractivity contribution in [1.29, 1.82) is 0 Å². The quantitative estimate of drug-likeness (QED) is 0.825. The standard InChI is InChI=1S/C15H20ClNO2.ClH/c1-18-11-6-7-13(12(16)10-11)17-8-9-19-15-5-3-2-4-14(15)17;/h6-7,10,14-15H,2-5,8-9H2,1H3;1H. The van der Waals surface area contributed by atoms with E-state index in [4.69, 9.17) is 21.1 Å². The molecule has 0 radical (unpaired) electrons. The molecule has 1 heterocycles. The van der Waals surface area contributed by atoms with Crippen molar-refractivity contribution in [2.75, 3.05) is 25.2 Å². The molecule has 1 aliphatic heterocycles. The number of halogens is 2. The van der Waals surface area contributed by atoms with Crippen molar-refractivity contribution in [3.8, 4) is 5.75 Å². The zero-order valence-electron chi connectivity index (χ0n) is 11.7. The van der Waals surface area contributed by atoms with E-state index < -0.39 is 0 Å². The van der Waals surface area contributed by atoms with Gasteiger partial charge in [-0.1, -0.05) is 24.4 Å². The highest BCUT2D eigenvalue weighted by atomic mass is 35.5. The minimum Gasteiger partial charge on any atom is -0.497 e. The first-order valence-electron chi connectivity index (χ1n) is 7.01. The fraction of sp³-hybridized carbons (Fsp3) is 0.600. The van der Waals surface area contributed by atoms with Gasteiger partial charge < -0.3 is 14.4 Å². The van der Waals surface area contributed by atoms with Crippen LogP contribution in [0.15, 0.2) is 18.2 Å². The number of nitrogens with zero attached hydrogens (tertiary/aromatic N) is 1. The zero-order chi connectivity index (χ0) is 13.2. The van der Waals surface area contributed by atoms with Crippen LogP contribution in [0.2, 0.25) is 5.02 Å². The van der Waals surface area contributed by atoms with Crippen LogP contribution in [0.3, 0.4) is 0 Å². The van der Waals surface area contributed by atoms with Gasteiger partial charge in [0.2, 0.25) is 0 Å². The summed E-state index contributed by atoms with van der Waals surface area (Å²) in [6.45, 7) is 1.72. The van der Waals surface area contributed by atoms with Gasteiger partial charge >= 0.3 is 0 Å². The van der Waals surface area contributed by atoms with Gasteiger partial charge in [-0.3, -0.25) is 0 Å². The Morgan fingerprint density at radius 1 is 1.30 bits per heavy atom. The van der Waals surface area contributed by atoms with Crippen molar-refractivity contribution in [1.82, 2.24) is 0 Å². The van der Waals surface area contributed by atoms with E-state index in [1.807, 2.05) is 12.1 Å². The Morgan fingerprint density at radius 3 is 2.85 bits per heavy atom. The number of morpholine rings is 1. The molecule has 5 heteroatoms. The van der Waals surface area contributed by atoms with E-state index in [0.29, 0.717) is 12.1 Å². The van der Waals surface area contributed by atoms with Crippen molar-refractivity contribution < 1.29 is 9.47 Å². The van der Waals surface area contributed by atoms with Gasteiger partial charge in [0.25, 0.3) is 0 Å². The molecule has 0 bridgehead atoms. The van der Waals surface area contributed by atoms with Gasteiger partial charge in [0.05, 0.1) is 36.6 Å². The smallest absolute Gasteiger partial charge is 0.120 e. The summed E-state index contributed by atoms with van der Waals surface area (Å²) < 4.78 is 11.1. The second-order valence-corrected chi connectivity index (χ2v) is 5.68. The minimum atomic E-state index is 0. The van der Waals surface area contributed by atoms with E-state index in [1.165, 1.54) is 25.7 Å². The highest BCUT2D eigenvalue weighted by Crippen LogP contribution is 2.36. The number of fused-ring (bicyclic) bond motifs is 1. The molecular formula is C15H21Cl2NO2. The van der Waals surface area contributed by atoms with E-state index in [1.54, 1.807) is 7.11 Å². The van der Waals surface area contributed by atoms with Crippen LogP contribution in [0.4, 0.5) is 5.69 Å². The summed E-state index contributed by atoms with van der Waals surface area (Å²) in [5, 5.41) is 0.769. The van der Waals surface area contributed by atoms with E-state index in [0.717, 1.165) is 29.6 Å². The summed E-state index contributed by atoms with van der Waals surface area (Å²) >= 11 is 6.41. The molecule has 1 saturated heterocycles. The average molecular weight is 318 g/mol. The number of hydrogen-bond donors (Lipinski definition) is 0. The number of methoxy groups -OCH3 is 1. The maximum atomic E-state index is 6.41. The van der Waals surface area contributed by atoms with E-state index in [2.05, 4.69) is 11.0 Å². The molecule has 2 fully saturated rings. The number of ether oxygens (including phenoxy) is 2. The summed E-state index contributed by atoms with van der Waals surface area (Å²) in [6.07, 6.45) is 5.32. The van der Waals surface area contributed by atoms with Crippen LogP contribution in [0, 0.1) is 0 Å². The molecule has 2 unspecified atom stereocenters. The Bertz CT molecular complexity index is 453. The summed E-state index contributed by atoms with van der Waals surface area (Å²) in [5.41, 5.74) is 1.11. The van der Waals surface area contributed by atoms with Crippen LogP contribution in [0.5, 0.6) is 5.75 Å². The SMILES string of the molecule is COc1ccc(N2CCOC3CCCCC32)c(Cl)c1.Cl. The molecule has 3 rings (SSSR count). The molecule has 2 aliphatic rings. The normalized spacial score (nSPS) is 25.6. The Hall–Kier alpha value is -0.640. The Morgan fingerprint density at radius 2 is 2.10 bits per heavy atom. The van der Waals surface area contributed by atoms with E-state index in [9.17, 15) is 0 Å².